The molecule has 0 aromatic rings. The number of hydrogen-bond acceptors (Lipinski definition) is 6. The maximum atomic E-state index is 5.32. The van der Waals surface area contributed by atoms with E-state index in [9.17, 15) is 0 Å². The molecule has 0 aliphatic carbocycles. The van der Waals surface area contributed by atoms with Crippen LogP contribution in [0.5, 0.6) is 0 Å². The molecule has 0 aromatic heterocycles. The monoisotopic (exact) mass is 312 g/mol. The number of methoxy groups -OCH3 is 1. The zero-order valence-corrected chi connectivity index (χ0v) is 14.2. The Hall–Kier alpha value is 0.540. The summed E-state index contributed by atoms with van der Waals surface area (Å²) < 4.78 is 10.0. The Morgan fingerprint density at radius 1 is 0.842 bits per heavy atom. The van der Waals surface area contributed by atoms with Crippen molar-refractivity contribution in [2.75, 3.05) is 63.0 Å². The normalized spacial score (nSPS) is 10.1. The van der Waals surface area contributed by atoms with E-state index in [2.05, 4.69) is 0 Å². The van der Waals surface area contributed by atoms with Crippen LogP contribution in [-0.2, 0) is 9.47 Å². The second kappa shape index (κ2) is 23.6. The van der Waals surface area contributed by atoms with Gasteiger partial charge in [0.1, 0.15) is 0 Å². The molecule has 4 nitrogen and oxygen atoms in total. The van der Waals surface area contributed by atoms with E-state index in [-0.39, 0.29) is 0 Å². The van der Waals surface area contributed by atoms with Crippen LogP contribution in [0.3, 0.4) is 0 Å². The van der Waals surface area contributed by atoms with Crippen LogP contribution in [0.25, 0.3) is 0 Å². The van der Waals surface area contributed by atoms with Crippen LogP contribution in [0.1, 0.15) is 19.8 Å². The molecule has 0 unspecified atom stereocenters. The van der Waals surface area contributed by atoms with Gasteiger partial charge in [-0.15, -0.1) is 0 Å². The van der Waals surface area contributed by atoms with Crippen molar-refractivity contribution in [3.05, 3.63) is 0 Å². The summed E-state index contributed by atoms with van der Waals surface area (Å²) in [6.45, 7) is 6.20. The molecule has 118 valence electrons. The van der Waals surface area contributed by atoms with Crippen molar-refractivity contribution in [1.29, 1.82) is 0 Å². The Bertz CT molecular complexity index is 130. The van der Waals surface area contributed by atoms with E-state index in [0.29, 0.717) is 0 Å². The van der Waals surface area contributed by atoms with Crippen molar-refractivity contribution < 1.29 is 9.47 Å². The lowest BCUT2D eigenvalue weighted by Crippen LogP contribution is -2.01. The quantitative estimate of drug-likeness (QED) is 0.506. The summed E-state index contributed by atoms with van der Waals surface area (Å²) >= 11 is 3.81. The molecule has 0 fully saturated rings. The highest BCUT2D eigenvalue weighted by atomic mass is 32.2. The van der Waals surface area contributed by atoms with Crippen molar-refractivity contribution in [2.45, 2.75) is 19.8 Å². The molecule has 0 saturated carbocycles. The highest BCUT2D eigenvalue weighted by Gasteiger charge is 1.87. The number of thioether (sulfide) groups is 2. The molecule has 19 heavy (non-hydrogen) atoms. The Morgan fingerprint density at radius 2 is 1.37 bits per heavy atom. The SMILES string of the molecule is CCOCCSCCCN.COCCSCCCN. The lowest BCUT2D eigenvalue weighted by atomic mass is 10.5. The molecule has 0 radical (unpaired) electrons. The van der Waals surface area contributed by atoms with Crippen LogP contribution in [0.4, 0.5) is 0 Å². The first kappa shape index (κ1) is 21.8. The Morgan fingerprint density at radius 3 is 1.79 bits per heavy atom. The van der Waals surface area contributed by atoms with Gasteiger partial charge in [-0.1, -0.05) is 0 Å². The van der Waals surface area contributed by atoms with Gasteiger partial charge in [-0.3, -0.25) is 0 Å². The topological polar surface area (TPSA) is 70.5 Å². The van der Waals surface area contributed by atoms with Gasteiger partial charge in [0, 0.05) is 25.2 Å². The third-order valence-corrected chi connectivity index (χ3v) is 4.06. The van der Waals surface area contributed by atoms with E-state index in [1.165, 1.54) is 11.5 Å². The van der Waals surface area contributed by atoms with Crippen LogP contribution in [0.2, 0.25) is 0 Å². The second-order valence-electron chi connectivity index (χ2n) is 3.70. The lowest BCUT2D eigenvalue weighted by molar-refractivity contribution is 0.164. The van der Waals surface area contributed by atoms with Crippen molar-refractivity contribution in [3.63, 3.8) is 0 Å². The maximum absolute atomic E-state index is 5.32. The minimum atomic E-state index is 0.806. The number of nitrogens with two attached hydrogens (primary N) is 2. The first-order chi connectivity index (χ1) is 9.33. The van der Waals surface area contributed by atoms with Gasteiger partial charge in [-0.05, 0) is 44.4 Å². The molecule has 0 atom stereocenters. The summed E-state index contributed by atoms with van der Waals surface area (Å²) in [6, 6.07) is 0. The Kier molecular flexibility index (Phi) is 27.1. The van der Waals surface area contributed by atoms with E-state index < -0.39 is 0 Å². The van der Waals surface area contributed by atoms with Crippen LogP contribution in [0.15, 0.2) is 0 Å². The molecule has 6 heteroatoms. The van der Waals surface area contributed by atoms with Crippen molar-refractivity contribution in [3.8, 4) is 0 Å². The van der Waals surface area contributed by atoms with Gasteiger partial charge in [0.25, 0.3) is 0 Å². The molecule has 0 bridgehead atoms. The van der Waals surface area contributed by atoms with Crippen LogP contribution < -0.4 is 11.5 Å². The minimum Gasteiger partial charge on any atom is -0.384 e. The summed E-state index contributed by atoms with van der Waals surface area (Å²) in [7, 11) is 1.73. The van der Waals surface area contributed by atoms with E-state index in [0.717, 1.165) is 57.3 Å². The Labute approximate surface area is 127 Å². The Balaban J connectivity index is 0. The molecule has 0 heterocycles. The van der Waals surface area contributed by atoms with Crippen LogP contribution >= 0.6 is 23.5 Å². The fraction of sp³-hybridized carbons (Fsp3) is 1.00. The average Bonchev–Trinajstić information content (AvgIpc) is 2.43. The third kappa shape index (κ3) is 27.7. The predicted molar refractivity (Wildman–Crippen MR) is 90.4 cm³/mol. The largest absolute Gasteiger partial charge is 0.384 e. The molecule has 0 amide bonds. The van der Waals surface area contributed by atoms with Crippen molar-refractivity contribution >= 4 is 23.5 Å². The molecule has 0 aromatic carbocycles. The highest BCUT2D eigenvalue weighted by molar-refractivity contribution is 7.99. The van der Waals surface area contributed by atoms with Gasteiger partial charge in [0.05, 0.1) is 13.2 Å². The zero-order chi connectivity index (χ0) is 14.6. The van der Waals surface area contributed by atoms with Crippen molar-refractivity contribution in [1.82, 2.24) is 0 Å². The maximum Gasteiger partial charge on any atom is 0.0556 e. The molecule has 4 N–H and O–H groups in total. The van der Waals surface area contributed by atoms with E-state index in [4.69, 9.17) is 20.9 Å². The first-order valence-corrected chi connectivity index (χ1v) is 9.26. The van der Waals surface area contributed by atoms with E-state index in [1.807, 2.05) is 30.4 Å². The lowest BCUT2D eigenvalue weighted by Gasteiger charge is -1.99. The predicted octanol–water partition coefficient (Wildman–Crippen LogP) is 1.82. The average molecular weight is 313 g/mol. The smallest absolute Gasteiger partial charge is 0.0556 e. The van der Waals surface area contributed by atoms with Crippen LogP contribution in [0, 0.1) is 0 Å². The molecule has 0 spiro atoms. The van der Waals surface area contributed by atoms with Gasteiger partial charge >= 0.3 is 0 Å². The van der Waals surface area contributed by atoms with Crippen LogP contribution in [-0.4, -0.2) is 63.0 Å². The van der Waals surface area contributed by atoms with Gasteiger partial charge in [-0.2, -0.15) is 23.5 Å². The minimum absolute atomic E-state index is 0.806. The second-order valence-corrected chi connectivity index (χ2v) is 6.15. The molecule has 0 saturated heterocycles. The van der Waals surface area contributed by atoms with Crippen molar-refractivity contribution in [2.24, 2.45) is 11.5 Å². The highest BCUT2D eigenvalue weighted by Crippen LogP contribution is 2.00. The molecule has 0 aliphatic rings. The van der Waals surface area contributed by atoms with Gasteiger partial charge in [0.2, 0.25) is 0 Å². The molecule has 0 rings (SSSR count). The summed E-state index contributed by atoms with van der Waals surface area (Å²) in [5.74, 6) is 4.54. The number of rotatable bonds is 13. The number of ether oxygens (including phenoxy) is 2. The summed E-state index contributed by atoms with van der Waals surface area (Å²) in [4.78, 5) is 0. The van der Waals surface area contributed by atoms with E-state index >= 15 is 0 Å². The summed E-state index contributed by atoms with van der Waals surface area (Å²) in [6.07, 6.45) is 2.24. The van der Waals surface area contributed by atoms with Gasteiger partial charge < -0.3 is 20.9 Å². The standard InChI is InChI=1S/C7H17NOS.C6H15NOS/c1-2-9-5-7-10-6-3-4-8;1-8-4-6-9-5-2-3-7/h2-8H2,1H3;2-7H2,1H3. The molecule has 0 aliphatic heterocycles. The fourth-order valence-corrected chi connectivity index (χ4v) is 2.65. The summed E-state index contributed by atoms with van der Waals surface area (Å²) in [5, 5.41) is 0. The van der Waals surface area contributed by atoms with E-state index in [1.54, 1.807) is 7.11 Å². The molecular formula is C13H32N2O2S2. The first-order valence-electron chi connectivity index (χ1n) is 6.95. The summed E-state index contributed by atoms with van der Waals surface area (Å²) in [5.41, 5.74) is 10.6. The number of hydrogen-bond donors (Lipinski definition) is 2. The van der Waals surface area contributed by atoms with Gasteiger partial charge in [-0.25, -0.2) is 0 Å². The third-order valence-electron chi connectivity index (χ3n) is 1.99. The molecular weight excluding hydrogens is 280 g/mol. The zero-order valence-electron chi connectivity index (χ0n) is 12.6. The van der Waals surface area contributed by atoms with Gasteiger partial charge in [0.15, 0.2) is 0 Å². The fourth-order valence-electron chi connectivity index (χ4n) is 0.979.